The Bertz CT molecular complexity index is 2710. The van der Waals surface area contributed by atoms with Gasteiger partial charge in [-0.15, -0.1) is 0 Å². The van der Waals surface area contributed by atoms with Crippen molar-refractivity contribution < 1.29 is 4.42 Å². The Balaban J connectivity index is 1.23. The van der Waals surface area contributed by atoms with Crippen molar-refractivity contribution >= 4 is 55.0 Å². The maximum atomic E-state index is 6.53. The van der Waals surface area contributed by atoms with E-state index in [1.54, 1.807) is 0 Å². The highest BCUT2D eigenvalue weighted by molar-refractivity contribution is 6.18. The molecule has 230 valence electrons. The maximum absolute atomic E-state index is 6.53. The summed E-state index contributed by atoms with van der Waals surface area (Å²) in [7, 11) is 0. The molecule has 1 N–H and O–H groups in total. The van der Waals surface area contributed by atoms with E-state index in [-0.39, 0.29) is 0 Å². The third-order valence-corrected chi connectivity index (χ3v) is 9.50. The molecule has 0 atom stereocenters. The number of fused-ring (bicyclic) bond motifs is 8. The summed E-state index contributed by atoms with van der Waals surface area (Å²) in [5.74, 6) is 2.64. The van der Waals surface area contributed by atoms with Crippen LogP contribution < -0.4 is 5.32 Å². The van der Waals surface area contributed by atoms with Crippen LogP contribution in [0.5, 0.6) is 0 Å². The van der Waals surface area contributed by atoms with Crippen LogP contribution in [0.2, 0.25) is 0 Å². The molecular formula is C44H28N4O. The Hall–Kier alpha value is -6.59. The molecule has 10 rings (SSSR count). The first kappa shape index (κ1) is 27.5. The molecule has 5 nitrogen and oxygen atoms in total. The Morgan fingerprint density at radius 1 is 0.490 bits per heavy atom. The highest BCUT2D eigenvalue weighted by Crippen LogP contribution is 2.43. The molecule has 9 aromatic rings. The van der Waals surface area contributed by atoms with E-state index in [1.165, 1.54) is 32.3 Å². The molecule has 5 heteroatoms. The Kier molecular flexibility index (Phi) is 6.18. The van der Waals surface area contributed by atoms with Gasteiger partial charge in [0.15, 0.2) is 23.2 Å². The molecule has 0 radical (unpaired) electrons. The zero-order chi connectivity index (χ0) is 32.3. The van der Waals surface area contributed by atoms with Crippen LogP contribution >= 0.6 is 0 Å². The third-order valence-electron chi connectivity index (χ3n) is 9.50. The van der Waals surface area contributed by atoms with Crippen molar-refractivity contribution in [2.45, 2.75) is 0 Å². The van der Waals surface area contributed by atoms with Gasteiger partial charge in [-0.3, -0.25) is 0 Å². The fourth-order valence-corrected chi connectivity index (χ4v) is 7.14. The first-order valence-corrected chi connectivity index (χ1v) is 16.5. The van der Waals surface area contributed by atoms with Gasteiger partial charge in [0.1, 0.15) is 5.58 Å². The predicted octanol–water partition coefficient (Wildman–Crippen LogP) is 11.2. The maximum Gasteiger partial charge on any atom is 0.164 e. The van der Waals surface area contributed by atoms with Crippen LogP contribution in [0.4, 0.5) is 5.69 Å². The molecule has 0 bridgehead atoms. The lowest BCUT2D eigenvalue weighted by molar-refractivity contribution is 0.604. The van der Waals surface area contributed by atoms with Crippen molar-refractivity contribution in [2.24, 2.45) is 0 Å². The lowest BCUT2D eigenvalue weighted by atomic mass is 9.93. The van der Waals surface area contributed by atoms with Crippen molar-refractivity contribution in [3.63, 3.8) is 0 Å². The fourth-order valence-electron chi connectivity index (χ4n) is 7.14. The summed E-state index contributed by atoms with van der Waals surface area (Å²) in [6.45, 7) is 0.719. The van der Waals surface area contributed by atoms with Crippen LogP contribution in [-0.2, 0) is 0 Å². The van der Waals surface area contributed by atoms with Crippen molar-refractivity contribution in [1.82, 2.24) is 15.0 Å². The van der Waals surface area contributed by atoms with Gasteiger partial charge in [-0.2, -0.15) is 0 Å². The van der Waals surface area contributed by atoms with E-state index < -0.39 is 0 Å². The molecule has 0 amide bonds. The highest BCUT2D eigenvalue weighted by Gasteiger charge is 2.23. The summed E-state index contributed by atoms with van der Waals surface area (Å²) < 4.78 is 6.53. The van der Waals surface area contributed by atoms with E-state index in [4.69, 9.17) is 19.4 Å². The quantitative estimate of drug-likeness (QED) is 0.197. The second kappa shape index (κ2) is 11.0. The standard InChI is InChI=1S/C44H28N4O/c1-3-11-29(12-4-1)42-46-43(30-13-5-2-6-14-30)48-44(47-42)37-25-32(26-39-40(37)41-38(49-39)16-9-23-45-41)31-18-17-28-20-21-34-33-15-8-7-10-27(33)19-22-35(34)36(28)24-31/h1-22,24-26,45H,23H2. The summed E-state index contributed by atoms with van der Waals surface area (Å²) in [4.78, 5) is 15.2. The second-order valence-corrected chi connectivity index (χ2v) is 12.4. The summed E-state index contributed by atoms with van der Waals surface area (Å²) in [6, 6.07) is 48.8. The highest BCUT2D eigenvalue weighted by atomic mass is 16.3. The van der Waals surface area contributed by atoms with Crippen LogP contribution in [0.25, 0.3) is 94.7 Å². The molecule has 0 saturated heterocycles. The topological polar surface area (TPSA) is 63.8 Å². The Labute approximate surface area is 282 Å². The fraction of sp³-hybridized carbons (Fsp3) is 0.0227. The first-order valence-electron chi connectivity index (χ1n) is 16.5. The number of hydrogen-bond acceptors (Lipinski definition) is 5. The number of benzene rings is 7. The zero-order valence-corrected chi connectivity index (χ0v) is 26.4. The third kappa shape index (κ3) is 4.59. The van der Waals surface area contributed by atoms with E-state index in [0.29, 0.717) is 17.5 Å². The molecule has 7 aromatic carbocycles. The molecule has 0 spiro atoms. The van der Waals surface area contributed by atoms with Crippen LogP contribution in [0.3, 0.4) is 0 Å². The smallest absolute Gasteiger partial charge is 0.164 e. The van der Waals surface area contributed by atoms with Gasteiger partial charge in [0.25, 0.3) is 0 Å². The van der Waals surface area contributed by atoms with Gasteiger partial charge < -0.3 is 9.73 Å². The van der Waals surface area contributed by atoms with Crippen LogP contribution in [0.15, 0.2) is 150 Å². The second-order valence-electron chi connectivity index (χ2n) is 12.4. The van der Waals surface area contributed by atoms with E-state index >= 15 is 0 Å². The van der Waals surface area contributed by atoms with Gasteiger partial charge in [-0.1, -0.05) is 127 Å². The Morgan fingerprint density at radius 3 is 1.88 bits per heavy atom. The zero-order valence-electron chi connectivity index (χ0n) is 26.4. The van der Waals surface area contributed by atoms with Crippen molar-refractivity contribution in [3.8, 4) is 45.3 Å². The minimum Gasteiger partial charge on any atom is -0.454 e. The van der Waals surface area contributed by atoms with Gasteiger partial charge in [-0.25, -0.2) is 15.0 Å². The molecule has 2 aromatic heterocycles. The molecular weight excluding hydrogens is 601 g/mol. The average molecular weight is 629 g/mol. The van der Waals surface area contributed by atoms with Gasteiger partial charge in [0.2, 0.25) is 0 Å². The van der Waals surface area contributed by atoms with E-state index in [2.05, 4.69) is 90.3 Å². The monoisotopic (exact) mass is 628 g/mol. The minimum atomic E-state index is 0.595. The molecule has 1 aliphatic heterocycles. The lowest BCUT2D eigenvalue weighted by Gasteiger charge is -2.13. The molecule has 0 saturated carbocycles. The summed E-state index contributed by atoms with van der Waals surface area (Å²) in [5, 5.41) is 11.9. The van der Waals surface area contributed by atoms with E-state index in [1.807, 2.05) is 66.7 Å². The van der Waals surface area contributed by atoms with Crippen molar-refractivity contribution in [3.05, 3.63) is 151 Å². The number of anilines is 1. The number of furan rings is 1. The Morgan fingerprint density at radius 2 is 1.12 bits per heavy atom. The van der Waals surface area contributed by atoms with Crippen LogP contribution in [-0.4, -0.2) is 21.5 Å². The minimum absolute atomic E-state index is 0.595. The lowest BCUT2D eigenvalue weighted by Crippen LogP contribution is -2.04. The number of rotatable bonds is 4. The van der Waals surface area contributed by atoms with Crippen molar-refractivity contribution in [1.29, 1.82) is 0 Å². The van der Waals surface area contributed by atoms with Gasteiger partial charge in [-0.05, 0) is 67.7 Å². The summed E-state index contributed by atoms with van der Waals surface area (Å²) in [6.07, 6.45) is 4.12. The SMILES string of the molecule is C1=Cc2oc3cc(-c4ccc5ccc6c7ccccc7ccc6c5c4)cc(-c4nc(-c5ccccc5)nc(-c5ccccc5)n4)c3c2NC1. The number of aromatic nitrogens is 3. The van der Waals surface area contributed by atoms with Gasteiger partial charge in [0.05, 0.1) is 11.1 Å². The first-order chi connectivity index (χ1) is 24.3. The molecule has 1 aliphatic rings. The molecule has 0 fully saturated rings. The number of hydrogen-bond donors (Lipinski definition) is 1. The summed E-state index contributed by atoms with van der Waals surface area (Å²) >= 11 is 0. The molecule has 49 heavy (non-hydrogen) atoms. The number of nitrogens with zero attached hydrogens (tertiary/aromatic N) is 3. The van der Waals surface area contributed by atoms with Crippen LogP contribution in [0, 0.1) is 0 Å². The van der Waals surface area contributed by atoms with E-state index in [0.717, 1.165) is 56.8 Å². The van der Waals surface area contributed by atoms with E-state index in [9.17, 15) is 0 Å². The number of nitrogens with one attached hydrogen (secondary N) is 1. The molecule has 0 unspecified atom stereocenters. The largest absolute Gasteiger partial charge is 0.454 e. The summed E-state index contributed by atoms with van der Waals surface area (Å²) in [5.41, 5.74) is 6.61. The predicted molar refractivity (Wildman–Crippen MR) is 201 cm³/mol. The van der Waals surface area contributed by atoms with Crippen LogP contribution in [0.1, 0.15) is 5.76 Å². The van der Waals surface area contributed by atoms with Gasteiger partial charge in [0, 0.05) is 23.2 Å². The molecule has 0 aliphatic carbocycles. The average Bonchev–Trinajstić information content (AvgIpc) is 3.56. The normalized spacial score (nSPS) is 12.5. The van der Waals surface area contributed by atoms with Crippen molar-refractivity contribution in [2.75, 3.05) is 11.9 Å². The molecule has 3 heterocycles. The van der Waals surface area contributed by atoms with Gasteiger partial charge >= 0.3 is 0 Å².